The molecule has 0 saturated carbocycles. The van der Waals surface area contributed by atoms with E-state index in [4.69, 9.17) is 0 Å². The molecule has 0 aliphatic rings. The molecule has 0 aromatic carbocycles. The normalized spacial score (nSPS) is 12.2. The van der Waals surface area contributed by atoms with Crippen molar-refractivity contribution in [3.8, 4) is 5.88 Å². The van der Waals surface area contributed by atoms with E-state index in [-0.39, 0.29) is 6.07 Å². The van der Waals surface area contributed by atoms with E-state index in [0.717, 1.165) is 0 Å². The summed E-state index contributed by atoms with van der Waals surface area (Å²) in [4.78, 5) is 20.3. The number of halogens is 3. The van der Waals surface area contributed by atoms with Gasteiger partial charge in [-0.2, -0.15) is 0 Å². The van der Waals surface area contributed by atoms with Gasteiger partial charge in [-0.15, -0.1) is 13.2 Å². The van der Waals surface area contributed by atoms with Crippen molar-refractivity contribution >= 4 is 15.8 Å². The second kappa shape index (κ2) is 4.51. The van der Waals surface area contributed by atoms with Gasteiger partial charge in [-0.05, 0) is 4.92 Å². The average molecular weight is 303 g/mol. The summed E-state index contributed by atoms with van der Waals surface area (Å²) in [5, 5.41) is 15.1. The van der Waals surface area contributed by atoms with Crippen molar-refractivity contribution in [2.24, 2.45) is 5.14 Å². The molecule has 0 atom stereocenters. The van der Waals surface area contributed by atoms with Crippen molar-refractivity contribution in [2.75, 3.05) is 0 Å². The van der Waals surface area contributed by atoms with Gasteiger partial charge < -0.3 is 14.9 Å². The first-order valence-corrected chi connectivity index (χ1v) is 5.66. The number of sulfonamides is 1. The summed E-state index contributed by atoms with van der Waals surface area (Å²) in [7, 11) is -4.79. The third kappa shape index (κ3) is 3.65. The molecule has 0 saturated heterocycles. The zero-order valence-corrected chi connectivity index (χ0v) is 9.41. The van der Waals surface area contributed by atoms with E-state index in [9.17, 15) is 36.5 Å². The summed E-state index contributed by atoms with van der Waals surface area (Å²) in [5.41, 5.74) is -1.60. The predicted octanol–water partition coefficient (Wildman–Crippen LogP) is -0.171. The molecular formula is C6H4F3N3O6S. The number of pyridine rings is 1. The molecule has 1 aromatic heterocycles. The monoisotopic (exact) mass is 303 g/mol. The van der Waals surface area contributed by atoms with Gasteiger partial charge in [0.2, 0.25) is 20.3 Å². The molecule has 3 N–H and O–H groups in total. The first kappa shape index (κ1) is 14.9. The number of nitro groups is 1. The number of rotatable bonds is 3. The second-order valence-electron chi connectivity index (χ2n) is 3.03. The number of ether oxygens (including phenoxy) is 1. The first-order chi connectivity index (χ1) is 8.42. The summed E-state index contributed by atoms with van der Waals surface area (Å²) >= 11 is 0. The highest BCUT2D eigenvalue weighted by molar-refractivity contribution is 7.89. The van der Waals surface area contributed by atoms with Crippen LogP contribution in [0, 0.1) is 10.1 Å². The Hall–Kier alpha value is -2.15. The third-order valence-corrected chi connectivity index (χ3v) is 2.60. The Morgan fingerprint density at radius 2 is 1.95 bits per heavy atom. The quantitative estimate of drug-likeness (QED) is 0.585. The number of nitrogens with one attached hydrogen (secondary N) is 1. The molecule has 9 nitrogen and oxygen atoms in total. The highest BCUT2D eigenvalue weighted by atomic mass is 32.2. The predicted molar refractivity (Wildman–Crippen MR) is 51.8 cm³/mol. The zero-order valence-electron chi connectivity index (χ0n) is 8.59. The van der Waals surface area contributed by atoms with Crippen LogP contribution in [0.4, 0.5) is 19.0 Å². The lowest BCUT2D eigenvalue weighted by Gasteiger charge is -2.07. The van der Waals surface area contributed by atoms with Crippen LogP contribution in [0.5, 0.6) is 5.88 Å². The molecular weight excluding hydrogens is 299 g/mol. The first-order valence-electron chi connectivity index (χ1n) is 4.12. The molecule has 1 rings (SSSR count). The Balaban J connectivity index is 3.57. The van der Waals surface area contributed by atoms with Gasteiger partial charge in [0.05, 0.1) is 6.07 Å². The zero-order chi connectivity index (χ0) is 15.0. The lowest BCUT2D eigenvalue weighted by atomic mass is 10.4. The number of aromatic amines is 1. The van der Waals surface area contributed by atoms with Crippen LogP contribution in [0.1, 0.15) is 0 Å². The molecule has 0 aliphatic heterocycles. The number of hydrogen-bond acceptors (Lipinski definition) is 6. The van der Waals surface area contributed by atoms with Crippen LogP contribution < -0.4 is 15.3 Å². The largest absolute Gasteiger partial charge is 0.575 e. The fourth-order valence-corrected chi connectivity index (χ4v) is 1.83. The van der Waals surface area contributed by atoms with Crippen LogP contribution in [0.2, 0.25) is 0 Å². The topological polar surface area (TPSA) is 145 Å². The van der Waals surface area contributed by atoms with Gasteiger partial charge >= 0.3 is 12.2 Å². The van der Waals surface area contributed by atoms with Crippen molar-refractivity contribution < 1.29 is 31.2 Å². The van der Waals surface area contributed by atoms with Crippen LogP contribution in [-0.2, 0) is 10.0 Å². The lowest BCUT2D eigenvalue weighted by Crippen LogP contribution is -2.25. The number of nitrogens with zero attached hydrogens (tertiary/aromatic N) is 1. The summed E-state index contributed by atoms with van der Waals surface area (Å²) < 4.78 is 60.8. The standard InChI is InChI=1S/C6H4F3N3O6S/c7-6(8,9)18-3-1-2(13)4(19(10,16)17)5(11-3)12(14)15/h1H,(H,11,13)(H2,10,16,17). The fraction of sp³-hybridized carbons (Fsp3) is 0.167. The van der Waals surface area contributed by atoms with Crippen LogP contribution in [0.25, 0.3) is 0 Å². The molecule has 13 heteroatoms. The van der Waals surface area contributed by atoms with Gasteiger partial charge in [-0.3, -0.25) is 4.79 Å². The van der Waals surface area contributed by atoms with Gasteiger partial charge in [0.25, 0.3) is 5.88 Å². The maximum Gasteiger partial charge on any atom is 0.575 e. The minimum Gasteiger partial charge on any atom is -0.370 e. The van der Waals surface area contributed by atoms with E-state index >= 15 is 0 Å². The van der Waals surface area contributed by atoms with Crippen molar-refractivity contribution in [1.29, 1.82) is 0 Å². The minimum atomic E-state index is -5.22. The molecule has 0 unspecified atom stereocenters. The van der Waals surface area contributed by atoms with Gasteiger partial charge in [-0.1, -0.05) is 0 Å². The molecule has 1 aromatic rings. The van der Waals surface area contributed by atoms with Crippen LogP contribution in [0.15, 0.2) is 15.8 Å². The molecule has 19 heavy (non-hydrogen) atoms. The molecule has 0 spiro atoms. The highest BCUT2D eigenvalue weighted by Crippen LogP contribution is 2.24. The molecule has 1 heterocycles. The van der Waals surface area contributed by atoms with Gasteiger partial charge in [0, 0.05) is 0 Å². The van der Waals surface area contributed by atoms with Crippen molar-refractivity contribution in [3.63, 3.8) is 0 Å². The van der Waals surface area contributed by atoms with Gasteiger partial charge in [0.15, 0.2) is 0 Å². The van der Waals surface area contributed by atoms with E-state index in [0.29, 0.717) is 0 Å². The molecule has 0 fully saturated rings. The molecule has 0 amide bonds. The van der Waals surface area contributed by atoms with E-state index < -0.39 is 43.3 Å². The van der Waals surface area contributed by atoms with Crippen molar-refractivity contribution in [2.45, 2.75) is 11.3 Å². The number of hydrogen-bond donors (Lipinski definition) is 2. The molecule has 0 radical (unpaired) electrons. The van der Waals surface area contributed by atoms with Crippen molar-refractivity contribution in [1.82, 2.24) is 4.98 Å². The Morgan fingerprint density at radius 1 is 1.42 bits per heavy atom. The van der Waals surface area contributed by atoms with Crippen LogP contribution in [-0.4, -0.2) is 24.7 Å². The fourth-order valence-electron chi connectivity index (χ4n) is 1.09. The number of H-pyrrole nitrogens is 1. The van der Waals surface area contributed by atoms with E-state index in [1.54, 1.807) is 0 Å². The SMILES string of the molecule is NS(=O)(=O)c1c([N+](=O)[O-])[nH]c(OC(F)(F)F)cc1=O. The summed E-state index contributed by atoms with van der Waals surface area (Å²) in [6, 6.07) is 0.0836. The number of primary sulfonamides is 1. The highest BCUT2D eigenvalue weighted by Gasteiger charge is 2.35. The van der Waals surface area contributed by atoms with E-state index in [1.165, 1.54) is 4.98 Å². The smallest absolute Gasteiger partial charge is 0.370 e. The minimum absolute atomic E-state index is 0.0836. The lowest BCUT2D eigenvalue weighted by molar-refractivity contribution is -0.393. The number of alkyl halides is 3. The Morgan fingerprint density at radius 3 is 2.32 bits per heavy atom. The van der Waals surface area contributed by atoms with Gasteiger partial charge in [-0.25, -0.2) is 18.5 Å². The maximum absolute atomic E-state index is 11.9. The molecule has 0 aliphatic carbocycles. The summed E-state index contributed by atoms with van der Waals surface area (Å²) in [6.45, 7) is 0. The second-order valence-corrected chi connectivity index (χ2v) is 4.52. The summed E-state index contributed by atoms with van der Waals surface area (Å²) in [5.74, 6) is -2.86. The Kier molecular flexibility index (Phi) is 3.54. The maximum atomic E-state index is 11.9. The third-order valence-electron chi connectivity index (χ3n) is 1.64. The van der Waals surface area contributed by atoms with Crippen LogP contribution in [0.3, 0.4) is 0 Å². The molecule has 106 valence electrons. The van der Waals surface area contributed by atoms with Crippen LogP contribution >= 0.6 is 0 Å². The number of aromatic nitrogens is 1. The molecule has 0 bridgehead atoms. The van der Waals surface area contributed by atoms with Gasteiger partial charge in [0.1, 0.15) is 0 Å². The van der Waals surface area contributed by atoms with E-state index in [2.05, 4.69) is 9.88 Å². The summed E-state index contributed by atoms with van der Waals surface area (Å²) in [6.07, 6.45) is -5.22. The Bertz CT molecular complexity index is 678. The Labute approximate surface area is 102 Å². The van der Waals surface area contributed by atoms with E-state index in [1.807, 2.05) is 0 Å². The van der Waals surface area contributed by atoms with Crippen molar-refractivity contribution in [3.05, 3.63) is 26.4 Å². The number of nitrogens with two attached hydrogens (primary N) is 1. The average Bonchev–Trinajstić information content (AvgIpc) is 2.10.